The molecule has 0 radical (unpaired) electrons. The molecular weight excluding hydrogens is 316 g/mol. The highest BCUT2D eigenvalue weighted by Gasteiger charge is 2.29. The van der Waals surface area contributed by atoms with Crippen LogP contribution in [0, 0.1) is 0 Å². The standard InChI is InChI=1S/C16H18N2O2S2/c19-14(17-11-16(20)7-9-21-10-8-16)5-6-15-18-12-3-1-2-4-13(12)22-15/h1-6,20H,7-11H2,(H,17,19). The van der Waals surface area contributed by atoms with Gasteiger partial charge < -0.3 is 10.4 Å². The maximum absolute atomic E-state index is 11.9. The summed E-state index contributed by atoms with van der Waals surface area (Å²) >= 11 is 3.40. The van der Waals surface area contributed by atoms with Gasteiger partial charge in [0, 0.05) is 12.6 Å². The lowest BCUT2D eigenvalue weighted by atomic mass is 9.97. The van der Waals surface area contributed by atoms with Gasteiger partial charge in [-0.05, 0) is 42.6 Å². The van der Waals surface area contributed by atoms with Crippen molar-refractivity contribution in [2.24, 2.45) is 0 Å². The fourth-order valence-corrected chi connectivity index (χ4v) is 4.47. The van der Waals surface area contributed by atoms with Crippen molar-refractivity contribution in [3.63, 3.8) is 0 Å². The molecule has 1 saturated heterocycles. The molecule has 1 aromatic carbocycles. The van der Waals surface area contributed by atoms with E-state index in [9.17, 15) is 9.90 Å². The van der Waals surface area contributed by atoms with Crippen molar-refractivity contribution in [3.8, 4) is 0 Å². The van der Waals surface area contributed by atoms with Gasteiger partial charge in [-0.15, -0.1) is 11.3 Å². The third-order valence-electron chi connectivity index (χ3n) is 3.70. The van der Waals surface area contributed by atoms with E-state index in [1.165, 1.54) is 6.08 Å². The zero-order valence-corrected chi connectivity index (χ0v) is 13.8. The fourth-order valence-electron chi connectivity index (χ4n) is 2.35. The number of benzene rings is 1. The first-order chi connectivity index (χ1) is 10.6. The zero-order valence-electron chi connectivity index (χ0n) is 12.1. The molecule has 0 atom stereocenters. The first-order valence-corrected chi connectivity index (χ1v) is 9.23. The molecule has 1 fully saturated rings. The molecule has 3 rings (SSSR count). The van der Waals surface area contributed by atoms with Crippen molar-refractivity contribution in [1.82, 2.24) is 10.3 Å². The van der Waals surface area contributed by atoms with Crippen LogP contribution < -0.4 is 5.32 Å². The summed E-state index contributed by atoms with van der Waals surface area (Å²) in [6.07, 6.45) is 4.68. The number of nitrogens with zero attached hydrogens (tertiary/aromatic N) is 1. The van der Waals surface area contributed by atoms with Gasteiger partial charge >= 0.3 is 0 Å². The van der Waals surface area contributed by atoms with Crippen LogP contribution in [0.5, 0.6) is 0 Å². The summed E-state index contributed by atoms with van der Waals surface area (Å²) < 4.78 is 1.11. The Morgan fingerprint density at radius 2 is 2.14 bits per heavy atom. The zero-order chi connectivity index (χ0) is 15.4. The number of thioether (sulfide) groups is 1. The Morgan fingerprint density at radius 3 is 2.91 bits per heavy atom. The van der Waals surface area contributed by atoms with Crippen molar-refractivity contribution in [2.45, 2.75) is 18.4 Å². The monoisotopic (exact) mass is 334 g/mol. The summed E-state index contributed by atoms with van der Waals surface area (Å²) in [6, 6.07) is 7.90. The largest absolute Gasteiger partial charge is 0.388 e. The molecule has 1 amide bonds. The van der Waals surface area contributed by atoms with Gasteiger partial charge in [0.05, 0.1) is 15.8 Å². The Morgan fingerprint density at radius 1 is 1.36 bits per heavy atom. The Labute approximate surface area is 137 Å². The molecule has 116 valence electrons. The number of para-hydroxylation sites is 1. The van der Waals surface area contributed by atoms with Gasteiger partial charge in [0.15, 0.2) is 0 Å². The van der Waals surface area contributed by atoms with E-state index in [2.05, 4.69) is 10.3 Å². The average Bonchev–Trinajstić information content (AvgIpc) is 2.95. The molecular formula is C16H18N2O2S2. The van der Waals surface area contributed by atoms with E-state index >= 15 is 0 Å². The summed E-state index contributed by atoms with van der Waals surface area (Å²) in [5.74, 6) is 1.72. The second kappa shape index (κ2) is 6.81. The highest BCUT2D eigenvalue weighted by molar-refractivity contribution is 7.99. The number of rotatable bonds is 4. The van der Waals surface area contributed by atoms with E-state index < -0.39 is 5.60 Å². The molecule has 2 heterocycles. The van der Waals surface area contributed by atoms with E-state index in [4.69, 9.17) is 0 Å². The number of nitrogens with one attached hydrogen (secondary N) is 1. The van der Waals surface area contributed by atoms with Crippen LogP contribution in [0.15, 0.2) is 30.3 Å². The van der Waals surface area contributed by atoms with Crippen molar-refractivity contribution < 1.29 is 9.90 Å². The van der Waals surface area contributed by atoms with Crippen LogP contribution in [0.1, 0.15) is 17.8 Å². The molecule has 0 saturated carbocycles. The van der Waals surface area contributed by atoms with Gasteiger partial charge in [-0.2, -0.15) is 11.8 Å². The minimum absolute atomic E-state index is 0.189. The number of hydrogen-bond donors (Lipinski definition) is 2. The third kappa shape index (κ3) is 3.88. The highest BCUT2D eigenvalue weighted by Crippen LogP contribution is 2.26. The number of hydrogen-bond acceptors (Lipinski definition) is 5. The second-order valence-corrected chi connectivity index (χ2v) is 7.69. The predicted molar refractivity (Wildman–Crippen MR) is 93.2 cm³/mol. The normalized spacial score (nSPS) is 17.9. The van der Waals surface area contributed by atoms with Gasteiger partial charge in [0.25, 0.3) is 0 Å². The summed E-state index contributed by atoms with van der Waals surface area (Å²) in [5, 5.41) is 13.9. The van der Waals surface area contributed by atoms with Crippen LogP contribution in [0.25, 0.3) is 16.3 Å². The van der Waals surface area contributed by atoms with Crippen LogP contribution >= 0.6 is 23.1 Å². The molecule has 4 nitrogen and oxygen atoms in total. The Kier molecular flexibility index (Phi) is 4.81. The van der Waals surface area contributed by atoms with Crippen molar-refractivity contribution in [3.05, 3.63) is 35.3 Å². The van der Waals surface area contributed by atoms with Crippen molar-refractivity contribution in [2.75, 3.05) is 18.1 Å². The highest BCUT2D eigenvalue weighted by atomic mass is 32.2. The first kappa shape index (κ1) is 15.5. The molecule has 2 N–H and O–H groups in total. The van der Waals surface area contributed by atoms with Crippen molar-refractivity contribution >= 4 is 45.3 Å². The molecule has 0 unspecified atom stereocenters. The lowest BCUT2D eigenvalue weighted by molar-refractivity contribution is -0.117. The topological polar surface area (TPSA) is 62.2 Å². The molecule has 0 bridgehead atoms. The average molecular weight is 334 g/mol. The quantitative estimate of drug-likeness (QED) is 0.844. The predicted octanol–water partition coefficient (Wildman–Crippen LogP) is 2.68. The van der Waals surface area contributed by atoms with Gasteiger partial charge in [-0.25, -0.2) is 4.98 Å². The molecule has 1 aromatic heterocycles. The summed E-state index contributed by atoms with van der Waals surface area (Å²) in [6.45, 7) is 0.316. The molecule has 1 aliphatic rings. The summed E-state index contributed by atoms with van der Waals surface area (Å²) in [7, 11) is 0. The van der Waals surface area contributed by atoms with Gasteiger partial charge in [0.2, 0.25) is 5.91 Å². The molecule has 0 spiro atoms. The van der Waals surface area contributed by atoms with Gasteiger partial charge in [0.1, 0.15) is 5.01 Å². The van der Waals surface area contributed by atoms with Crippen LogP contribution in [-0.2, 0) is 4.79 Å². The van der Waals surface area contributed by atoms with E-state index in [-0.39, 0.29) is 5.91 Å². The molecule has 22 heavy (non-hydrogen) atoms. The number of amides is 1. The Bertz CT molecular complexity index is 657. The molecule has 2 aromatic rings. The lowest BCUT2D eigenvalue weighted by Gasteiger charge is -2.31. The SMILES string of the molecule is O=C(C=Cc1nc2ccccc2s1)NCC1(O)CCSCC1. The lowest BCUT2D eigenvalue weighted by Crippen LogP contribution is -2.44. The summed E-state index contributed by atoms with van der Waals surface area (Å²) in [4.78, 5) is 16.3. The maximum atomic E-state index is 11.9. The number of aliphatic hydroxyl groups is 1. The van der Waals surface area contributed by atoms with Crippen LogP contribution in [0.2, 0.25) is 0 Å². The number of fused-ring (bicyclic) bond motifs is 1. The van der Waals surface area contributed by atoms with Crippen LogP contribution in [-0.4, -0.2) is 39.6 Å². The fraction of sp³-hybridized carbons (Fsp3) is 0.375. The number of carbonyl (C=O) groups is 1. The maximum Gasteiger partial charge on any atom is 0.244 e. The molecule has 1 aliphatic heterocycles. The number of carbonyl (C=O) groups excluding carboxylic acids is 1. The second-order valence-electron chi connectivity index (χ2n) is 5.41. The molecule has 6 heteroatoms. The number of thiazole rings is 1. The molecule has 0 aliphatic carbocycles. The van der Waals surface area contributed by atoms with E-state index in [0.29, 0.717) is 6.54 Å². The third-order valence-corrected chi connectivity index (χ3v) is 5.69. The van der Waals surface area contributed by atoms with Crippen LogP contribution in [0.3, 0.4) is 0 Å². The van der Waals surface area contributed by atoms with Crippen LogP contribution in [0.4, 0.5) is 0 Å². The van der Waals surface area contributed by atoms with E-state index in [1.54, 1.807) is 17.4 Å². The number of aromatic nitrogens is 1. The van der Waals surface area contributed by atoms with E-state index in [1.807, 2.05) is 36.0 Å². The minimum atomic E-state index is -0.745. The smallest absolute Gasteiger partial charge is 0.244 e. The minimum Gasteiger partial charge on any atom is -0.388 e. The summed E-state index contributed by atoms with van der Waals surface area (Å²) in [5.41, 5.74) is 0.200. The Balaban J connectivity index is 1.56. The van der Waals surface area contributed by atoms with Gasteiger partial charge in [-0.1, -0.05) is 12.1 Å². The first-order valence-electron chi connectivity index (χ1n) is 7.26. The Hall–Kier alpha value is -1.37. The van der Waals surface area contributed by atoms with E-state index in [0.717, 1.165) is 39.6 Å². The van der Waals surface area contributed by atoms with Crippen molar-refractivity contribution in [1.29, 1.82) is 0 Å². The van der Waals surface area contributed by atoms with Gasteiger partial charge in [-0.3, -0.25) is 4.79 Å².